The molecule has 2 rings (SSSR count). The highest BCUT2D eigenvalue weighted by atomic mass is 16.4. The van der Waals surface area contributed by atoms with Gasteiger partial charge >= 0.3 is 5.97 Å². The molecule has 25 heavy (non-hydrogen) atoms. The molecule has 3 nitrogen and oxygen atoms in total. The number of benzene rings is 1. The van der Waals surface area contributed by atoms with E-state index in [4.69, 9.17) is 5.11 Å². The molecule has 0 saturated heterocycles. The molecule has 0 aliphatic heterocycles. The summed E-state index contributed by atoms with van der Waals surface area (Å²) in [4.78, 5) is 21.7. The first-order valence-electron chi connectivity index (χ1n) is 9.72. The van der Waals surface area contributed by atoms with E-state index in [1.807, 2.05) is 39.0 Å². The molecule has 0 bridgehead atoms. The summed E-state index contributed by atoms with van der Waals surface area (Å²) in [5.41, 5.74) is 3.27. The van der Waals surface area contributed by atoms with E-state index >= 15 is 0 Å². The van der Waals surface area contributed by atoms with Crippen LogP contribution in [0.2, 0.25) is 0 Å². The topological polar surface area (TPSA) is 54.4 Å². The van der Waals surface area contributed by atoms with E-state index < -0.39 is 5.97 Å². The number of Topliss-reactive ketones (excluding diaryl/α,β-unsaturated/α-hetero) is 1. The Balaban J connectivity index is 0.000000421. The van der Waals surface area contributed by atoms with Gasteiger partial charge in [-0.1, -0.05) is 52.3 Å². The molecule has 1 aliphatic carbocycles. The molecule has 1 aliphatic rings. The Morgan fingerprint density at radius 2 is 1.64 bits per heavy atom. The van der Waals surface area contributed by atoms with E-state index in [0.717, 1.165) is 43.6 Å². The normalized spacial score (nSPS) is 19.0. The number of carbonyl (C=O) groups excluding carboxylic acids is 1. The molecule has 0 spiro atoms. The third-order valence-corrected chi connectivity index (χ3v) is 4.92. The highest BCUT2D eigenvalue weighted by Crippen LogP contribution is 2.30. The van der Waals surface area contributed by atoms with Crippen molar-refractivity contribution >= 4 is 11.8 Å². The number of hydrogen-bond acceptors (Lipinski definition) is 2. The summed E-state index contributed by atoms with van der Waals surface area (Å²) in [6.45, 7) is 11.9. The van der Waals surface area contributed by atoms with Crippen LogP contribution in [-0.2, 0) is 11.2 Å². The minimum Gasteiger partial charge on any atom is -0.481 e. The van der Waals surface area contributed by atoms with Gasteiger partial charge in [0.25, 0.3) is 0 Å². The van der Waals surface area contributed by atoms with Crippen LogP contribution < -0.4 is 0 Å². The molecule has 1 fully saturated rings. The average molecular weight is 349 g/mol. The summed E-state index contributed by atoms with van der Waals surface area (Å²) in [6, 6.07) is 5.88. The standard InChI is InChI=1S/C11H14O.C9H16O2.C2H6/c1-4-10-8(2)6-5-7-11(10)9(3)12;1-2-7-3-5-8(6-4-7)9(10)11;1-2/h5-7H,4H2,1-3H3;7-8H,2-6H2,1H3,(H,10,11);1-2H3. The molecule has 0 unspecified atom stereocenters. The second-order valence-electron chi connectivity index (χ2n) is 6.47. The largest absolute Gasteiger partial charge is 0.481 e. The van der Waals surface area contributed by atoms with Crippen LogP contribution in [0.15, 0.2) is 18.2 Å². The lowest BCUT2D eigenvalue weighted by molar-refractivity contribution is -0.143. The molecule has 0 aromatic heterocycles. The number of carboxylic acids is 1. The number of aliphatic carboxylic acids is 1. The van der Waals surface area contributed by atoms with Gasteiger partial charge in [0.05, 0.1) is 5.92 Å². The summed E-state index contributed by atoms with van der Waals surface area (Å²) in [5, 5.41) is 8.70. The Bertz CT molecular complexity index is 526. The van der Waals surface area contributed by atoms with E-state index in [1.165, 1.54) is 17.5 Å². The van der Waals surface area contributed by atoms with Crippen molar-refractivity contribution in [1.82, 2.24) is 0 Å². The number of hydrogen-bond donors (Lipinski definition) is 1. The molecule has 142 valence electrons. The summed E-state index contributed by atoms with van der Waals surface area (Å²) < 4.78 is 0. The van der Waals surface area contributed by atoms with Gasteiger partial charge in [-0.15, -0.1) is 0 Å². The number of carboxylic acid groups (broad SMARTS) is 1. The zero-order valence-electron chi connectivity index (χ0n) is 16.9. The summed E-state index contributed by atoms with van der Waals surface area (Å²) in [7, 11) is 0. The molecular formula is C22H36O3. The molecule has 0 radical (unpaired) electrons. The molecule has 1 saturated carbocycles. The number of rotatable bonds is 4. The van der Waals surface area contributed by atoms with E-state index in [2.05, 4.69) is 13.8 Å². The van der Waals surface area contributed by atoms with Crippen molar-refractivity contribution in [2.45, 2.75) is 80.1 Å². The van der Waals surface area contributed by atoms with E-state index in [-0.39, 0.29) is 11.7 Å². The minimum absolute atomic E-state index is 0.0437. The monoisotopic (exact) mass is 348 g/mol. The molecular weight excluding hydrogens is 312 g/mol. The van der Waals surface area contributed by atoms with E-state index in [9.17, 15) is 9.59 Å². The predicted molar refractivity (Wildman–Crippen MR) is 105 cm³/mol. The van der Waals surface area contributed by atoms with Crippen molar-refractivity contribution in [3.05, 3.63) is 34.9 Å². The lowest BCUT2D eigenvalue weighted by Crippen LogP contribution is -2.20. The Morgan fingerprint density at radius 1 is 1.08 bits per heavy atom. The second kappa shape index (κ2) is 12.7. The molecule has 1 aromatic carbocycles. The lowest BCUT2D eigenvalue weighted by atomic mass is 9.81. The molecule has 3 heteroatoms. The van der Waals surface area contributed by atoms with Gasteiger partial charge in [0.2, 0.25) is 0 Å². The summed E-state index contributed by atoms with van der Waals surface area (Å²) in [5.74, 6) is 0.318. The number of carbonyl (C=O) groups is 2. The number of ketones is 1. The fourth-order valence-electron chi connectivity index (χ4n) is 3.32. The number of aryl methyl sites for hydroxylation is 1. The predicted octanol–water partition coefficient (Wildman–Crippen LogP) is 6.07. The van der Waals surface area contributed by atoms with Gasteiger partial charge in [0.1, 0.15) is 0 Å². The van der Waals surface area contributed by atoms with Crippen LogP contribution in [0.25, 0.3) is 0 Å². The zero-order chi connectivity index (χ0) is 19.4. The molecule has 1 aromatic rings. The highest BCUT2D eigenvalue weighted by Gasteiger charge is 2.24. The summed E-state index contributed by atoms with van der Waals surface area (Å²) in [6.07, 6.45) is 6.18. The van der Waals surface area contributed by atoms with Crippen LogP contribution in [0, 0.1) is 18.8 Å². The maximum Gasteiger partial charge on any atom is 0.306 e. The van der Waals surface area contributed by atoms with Crippen molar-refractivity contribution in [2.75, 3.05) is 0 Å². The zero-order valence-corrected chi connectivity index (χ0v) is 16.9. The van der Waals surface area contributed by atoms with Crippen LogP contribution in [0.3, 0.4) is 0 Å². The van der Waals surface area contributed by atoms with Crippen LogP contribution >= 0.6 is 0 Å². The van der Waals surface area contributed by atoms with Crippen LogP contribution in [0.4, 0.5) is 0 Å². The van der Waals surface area contributed by atoms with Crippen molar-refractivity contribution in [2.24, 2.45) is 11.8 Å². The van der Waals surface area contributed by atoms with Crippen molar-refractivity contribution in [1.29, 1.82) is 0 Å². The van der Waals surface area contributed by atoms with Gasteiger partial charge < -0.3 is 5.11 Å². The van der Waals surface area contributed by atoms with Gasteiger partial charge in [-0.05, 0) is 63.0 Å². The fourth-order valence-corrected chi connectivity index (χ4v) is 3.32. The summed E-state index contributed by atoms with van der Waals surface area (Å²) >= 11 is 0. The van der Waals surface area contributed by atoms with Gasteiger partial charge in [0.15, 0.2) is 5.78 Å². The first-order valence-corrected chi connectivity index (χ1v) is 9.72. The highest BCUT2D eigenvalue weighted by molar-refractivity contribution is 5.95. The first kappa shape index (κ1) is 23.4. The molecule has 0 amide bonds. The van der Waals surface area contributed by atoms with E-state index in [1.54, 1.807) is 6.92 Å². The SMILES string of the molecule is CC.CCC1CCC(C(=O)O)CC1.CCc1c(C)cccc1C(C)=O. The molecule has 0 heterocycles. The van der Waals surface area contributed by atoms with Gasteiger partial charge in [-0.2, -0.15) is 0 Å². The molecule has 1 N–H and O–H groups in total. The third kappa shape index (κ3) is 7.85. The second-order valence-corrected chi connectivity index (χ2v) is 6.47. The van der Waals surface area contributed by atoms with Crippen LogP contribution in [-0.4, -0.2) is 16.9 Å². The lowest BCUT2D eigenvalue weighted by Gasteiger charge is -2.24. The Labute approximate surface area is 153 Å². The van der Waals surface area contributed by atoms with E-state index in [0.29, 0.717) is 0 Å². The Hall–Kier alpha value is -1.64. The quantitative estimate of drug-likeness (QED) is 0.671. The van der Waals surface area contributed by atoms with Crippen molar-refractivity contribution in [3.63, 3.8) is 0 Å². The Kier molecular flexibility index (Phi) is 11.9. The van der Waals surface area contributed by atoms with Gasteiger partial charge in [0, 0.05) is 5.56 Å². The van der Waals surface area contributed by atoms with Gasteiger partial charge in [-0.25, -0.2) is 0 Å². The third-order valence-electron chi connectivity index (χ3n) is 4.92. The first-order chi connectivity index (χ1) is 11.9. The van der Waals surface area contributed by atoms with Crippen molar-refractivity contribution < 1.29 is 14.7 Å². The smallest absolute Gasteiger partial charge is 0.306 e. The Morgan fingerprint density at radius 3 is 2.00 bits per heavy atom. The fraction of sp³-hybridized carbons (Fsp3) is 0.636. The van der Waals surface area contributed by atoms with Crippen molar-refractivity contribution in [3.8, 4) is 0 Å². The van der Waals surface area contributed by atoms with Crippen LogP contribution in [0.1, 0.15) is 88.2 Å². The van der Waals surface area contributed by atoms with Crippen LogP contribution in [0.5, 0.6) is 0 Å². The minimum atomic E-state index is -0.598. The molecule has 0 atom stereocenters. The maximum atomic E-state index is 11.2. The van der Waals surface area contributed by atoms with Gasteiger partial charge in [-0.3, -0.25) is 9.59 Å². The maximum absolute atomic E-state index is 11.2. The average Bonchev–Trinajstić information content (AvgIpc) is 2.63.